The molecule has 1 saturated heterocycles. The molecular formula is C19H20Cl2N2O3S. The number of rotatable bonds is 3. The monoisotopic (exact) mass is 426 g/mol. The fraction of sp³-hybridized carbons (Fsp3) is 0.316. The Bertz CT molecular complexity index is 984. The van der Waals surface area contributed by atoms with Crippen molar-refractivity contribution in [1.82, 2.24) is 9.21 Å². The van der Waals surface area contributed by atoms with Crippen molar-refractivity contribution in [2.24, 2.45) is 0 Å². The van der Waals surface area contributed by atoms with E-state index in [1.807, 2.05) is 19.9 Å². The molecule has 0 aromatic heterocycles. The summed E-state index contributed by atoms with van der Waals surface area (Å²) in [6.45, 7) is 4.98. The van der Waals surface area contributed by atoms with E-state index in [1.54, 1.807) is 29.2 Å². The lowest BCUT2D eigenvalue weighted by atomic mass is 10.1. The number of nitrogens with zero attached hydrogens (tertiary/aromatic N) is 2. The first kappa shape index (κ1) is 20.1. The third kappa shape index (κ3) is 4.14. The van der Waals surface area contributed by atoms with Gasteiger partial charge in [0.05, 0.1) is 14.9 Å². The number of carbonyl (C=O) groups is 1. The summed E-state index contributed by atoms with van der Waals surface area (Å²) in [5, 5.41) is 0.705. The van der Waals surface area contributed by atoms with Crippen molar-refractivity contribution in [3.05, 3.63) is 63.1 Å². The maximum Gasteiger partial charge on any atom is 0.253 e. The molecule has 0 radical (unpaired) electrons. The largest absolute Gasteiger partial charge is 0.336 e. The summed E-state index contributed by atoms with van der Waals surface area (Å²) < 4.78 is 27.2. The van der Waals surface area contributed by atoms with Gasteiger partial charge in [0.2, 0.25) is 10.0 Å². The molecule has 1 heterocycles. The van der Waals surface area contributed by atoms with E-state index >= 15 is 0 Å². The van der Waals surface area contributed by atoms with Crippen LogP contribution in [0.5, 0.6) is 0 Å². The average Bonchev–Trinajstić information content (AvgIpc) is 2.65. The lowest BCUT2D eigenvalue weighted by Crippen LogP contribution is -2.50. The zero-order chi connectivity index (χ0) is 19.8. The van der Waals surface area contributed by atoms with E-state index in [1.165, 1.54) is 10.4 Å². The van der Waals surface area contributed by atoms with E-state index in [-0.39, 0.29) is 23.9 Å². The standard InChI is InChI=1S/C19H20Cl2N2O3S/c1-13-3-5-16(11-14(13)2)27(25,26)23-9-7-22(8-10-23)19(24)15-4-6-17(20)18(21)12-15/h3-6,11-12H,7-10H2,1-2H3. The first-order chi connectivity index (χ1) is 12.7. The summed E-state index contributed by atoms with van der Waals surface area (Å²) in [5.41, 5.74) is 2.42. The van der Waals surface area contributed by atoms with Crippen LogP contribution in [0.25, 0.3) is 0 Å². The molecule has 1 fully saturated rings. The summed E-state index contributed by atoms with van der Waals surface area (Å²) in [6.07, 6.45) is 0. The highest BCUT2D eigenvalue weighted by Crippen LogP contribution is 2.24. The highest BCUT2D eigenvalue weighted by Gasteiger charge is 2.30. The molecular weight excluding hydrogens is 407 g/mol. The molecule has 0 atom stereocenters. The molecule has 1 aliphatic heterocycles. The van der Waals surface area contributed by atoms with E-state index in [9.17, 15) is 13.2 Å². The Hall–Kier alpha value is -1.60. The highest BCUT2D eigenvalue weighted by molar-refractivity contribution is 7.89. The van der Waals surface area contributed by atoms with Crippen molar-refractivity contribution in [2.45, 2.75) is 18.7 Å². The summed E-state index contributed by atoms with van der Waals surface area (Å²) in [6, 6.07) is 9.87. The van der Waals surface area contributed by atoms with E-state index in [0.29, 0.717) is 28.7 Å². The Balaban J connectivity index is 1.71. The van der Waals surface area contributed by atoms with Crippen molar-refractivity contribution < 1.29 is 13.2 Å². The van der Waals surface area contributed by atoms with Crippen LogP contribution in [0.2, 0.25) is 10.0 Å². The van der Waals surface area contributed by atoms with Crippen LogP contribution >= 0.6 is 23.2 Å². The fourth-order valence-electron chi connectivity index (χ4n) is 2.97. The van der Waals surface area contributed by atoms with Gasteiger partial charge in [-0.25, -0.2) is 8.42 Å². The molecule has 0 N–H and O–H groups in total. The first-order valence-electron chi connectivity index (χ1n) is 8.52. The van der Waals surface area contributed by atoms with Crippen molar-refractivity contribution in [1.29, 1.82) is 0 Å². The summed E-state index contributed by atoms with van der Waals surface area (Å²) in [4.78, 5) is 14.5. The van der Waals surface area contributed by atoms with Gasteiger partial charge in [-0.15, -0.1) is 0 Å². The number of aryl methyl sites for hydroxylation is 2. The molecule has 1 aliphatic rings. The molecule has 144 valence electrons. The molecule has 2 aromatic rings. The lowest BCUT2D eigenvalue weighted by Gasteiger charge is -2.34. The van der Waals surface area contributed by atoms with Gasteiger partial charge in [0.15, 0.2) is 0 Å². The molecule has 0 aliphatic carbocycles. The number of hydrogen-bond acceptors (Lipinski definition) is 3. The molecule has 0 unspecified atom stereocenters. The second kappa shape index (κ2) is 7.80. The van der Waals surface area contributed by atoms with E-state index in [4.69, 9.17) is 23.2 Å². The van der Waals surface area contributed by atoms with Gasteiger partial charge in [-0.05, 0) is 55.3 Å². The van der Waals surface area contributed by atoms with Gasteiger partial charge in [-0.3, -0.25) is 4.79 Å². The highest BCUT2D eigenvalue weighted by atomic mass is 35.5. The van der Waals surface area contributed by atoms with Gasteiger partial charge in [0, 0.05) is 31.7 Å². The molecule has 27 heavy (non-hydrogen) atoms. The zero-order valence-corrected chi connectivity index (χ0v) is 17.4. The van der Waals surface area contributed by atoms with Crippen LogP contribution in [-0.4, -0.2) is 49.7 Å². The average molecular weight is 427 g/mol. The number of sulfonamides is 1. The lowest BCUT2D eigenvalue weighted by molar-refractivity contribution is 0.0698. The van der Waals surface area contributed by atoms with Crippen molar-refractivity contribution in [3.63, 3.8) is 0 Å². The Morgan fingerprint density at radius 1 is 0.889 bits per heavy atom. The van der Waals surface area contributed by atoms with E-state index in [2.05, 4.69) is 0 Å². The van der Waals surface area contributed by atoms with Crippen LogP contribution in [0, 0.1) is 13.8 Å². The second-order valence-electron chi connectivity index (χ2n) is 6.57. The van der Waals surface area contributed by atoms with Gasteiger partial charge >= 0.3 is 0 Å². The summed E-state index contributed by atoms with van der Waals surface area (Å²) in [7, 11) is -3.57. The van der Waals surface area contributed by atoms with Gasteiger partial charge < -0.3 is 4.90 Å². The zero-order valence-electron chi connectivity index (χ0n) is 15.1. The molecule has 1 amide bonds. The van der Waals surface area contributed by atoms with Crippen molar-refractivity contribution >= 4 is 39.1 Å². The first-order valence-corrected chi connectivity index (χ1v) is 10.7. The van der Waals surface area contributed by atoms with Crippen molar-refractivity contribution in [2.75, 3.05) is 26.2 Å². The topological polar surface area (TPSA) is 57.7 Å². The maximum atomic E-state index is 12.9. The summed E-state index contributed by atoms with van der Waals surface area (Å²) >= 11 is 11.9. The quantitative estimate of drug-likeness (QED) is 0.750. The molecule has 5 nitrogen and oxygen atoms in total. The van der Waals surface area contributed by atoms with Crippen LogP contribution < -0.4 is 0 Å². The molecule has 0 bridgehead atoms. The Labute approximate surface area is 169 Å². The smallest absolute Gasteiger partial charge is 0.253 e. The van der Waals surface area contributed by atoms with Crippen molar-refractivity contribution in [3.8, 4) is 0 Å². The van der Waals surface area contributed by atoms with Gasteiger partial charge in [-0.1, -0.05) is 29.3 Å². The van der Waals surface area contributed by atoms with E-state index in [0.717, 1.165) is 11.1 Å². The van der Waals surface area contributed by atoms with Gasteiger partial charge in [0.25, 0.3) is 5.91 Å². The number of piperazine rings is 1. The SMILES string of the molecule is Cc1ccc(S(=O)(=O)N2CCN(C(=O)c3ccc(Cl)c(Cl)c3)CC2)cc1C. The van der Waals surface area contributed by atoms with Crippen LogP contribution in [0.3, 0.4) is 0 Å². The van der Waals surface area contributed by atoms with Crippen LogP contribution in [-0.2, 0) is 10.0 Å². The Kier molecular flexibility index (Phi) is 5.82. The van der Waals surface area contributed by atoms with Crippen LogP contribution in [0.15, 0.2) is 41.3 Å². The fourth-order valence-corrected chi connectivity index (χ4v) is 4.77. The Morgan fingerprint density at radius 3 is 2.15 bits per heavy atom. The number of halogens is 2. The molecule has 8 heteroatoms. The third-order valence-electron chi connectivity index (χ3n) is 4.81. The third-order valence-corrected chi connectivity index (χ3v) is 7.44. The molecule has 0 spiro atoms. The normalized spacial score (nSPS) is 15.8. The number of carbonyl (C=O) groups excluding carboxylic acids is 1. The number of amides is 1. The van der Waals surface area contributed by atoms with Crippen LogP contribution in [0.1, 0.15) is 21.5 Å². The molecule has 2 aromatic carbocycles. The number of hydrogen-bond donors (Lipinski definition) is 0. The minimum absolute atomic E-state index is 0.184. The van der Waals surface area contributed by atoms with E-state index < -0.39 is 10.0 Å². The molecule has 3 rings (SSSR count). The van der Waals surface area contributed by atoms with Gasteiger partial charge in [0.1, 0.15) is 0 Å². The van der Waals surface area contributed by atoms with Gasteiger partial charge in [-0.2, -0.15) is 4.31 Å². The predicted octanol–water partition coefficient (Wildman–Crippen LogP) is 3.76. The number of benzene rings is 2. The maximum absolute atomic E-state index is 12.9. The van der Waals surface area contributed by atoms with Crippen LogP contribution in [0.4, 0.5) is 0 Å². The minimum Gasteiger partial charge on any atom is -0.336 e. The molecule has 0 saturated carbocycles. The summed E-state index contributed by atoms with van der Waals surface area (Å²) in [5.74, 6) is -0.184. The second-order valence-corrected chi connectivity index (χ2v) is 9.32. The Morgan fingerprint density at radius 2 is 1.56 bits per heavy atom. The predicted molar refractivity (Wildman–Crippen MR) is 107 cm³/mol. The minimum atomic E-state index is -3.57.